The number of ether oxygens (including phenoxy) is 2. The normalized spacial score (nSPS) is 13.9. The smallest absolute Gasteiger partial charge is 0.240 e. The average molecular weight is 303 g/mol. The summed E-state index contributed by atoms with van der Waals surface area (Å²) < 4.78 is 33.1. The van der Waals surface area contributed by atoms with Crippen molar-refractivity contribution in [2.24, 2.45) is 0 Å². The fourth-order valence-corrected chi connectivity index (χ4v) is 2.50. The zero-order valence-corrected chi connectivity index (χ0v) is 13.4. The van der Waals surface area contributed by atoms with Crippen molar-refractivity contribution < 1.29 is 17.9 Å². The molecule has 0 radical (unpaired) electrons. The largest absolute Gasteiger partial charge is 0.480 e. The van der Waals surface area contributed by atoms with Gasteiger partial charge in [0.1, 0.15) is 5.69 Å². The highest BCUT2D eigenvalue weighted by atomic mass is 32.2. The zero-order valence-electron chi connectivity index (χ0n) is 12.6. The van der Waals surface area contributed by atoms with Crippen LogP contribution in [-0.4, -0.2) is 50.7 Å². The van der Waals surface area contributed by atoms with Gasteiger partial charge in [-0.1, -0.05) is 0 Å². The third kappa shape index (κ3) is 3.01. The minimum absolute atomic E-state index is 0.237. The Bertz CT molecular complexity index is 572. The van der Waals surface area contributed by atoms with Gasteiger partial charge in [-0.05, 0) is 20.9 Å². The molecule has 0 spiro atoms. The summed E-state index contributed by atoms with van der Waals surface area (Å²) in [4.78, 5) is 8.36. The fraction of sp³-hybridized carbons (Fsp3) is 0.667. The second kappa shape index (κ2) is 5.92. The van der Waals surface area contributed by atoms with Crippen LogP contribution >= 0.6 is 0 Å². The number of nitrogens with zero attached hydrogens (tertiary/aromatic N) is 2. The minimum Gasteiger partial charge on any atom is -0.480 e. The maximum Gasteiger partial charge on any atom is 0.240 e. The molecule has 1 atom stereocenters. The summed E-state index contributed by atoms with van der Waals surface area (Å²) in [6, 6.07) is -0.564. The molecule has 0 aromatic carbocycles. The average Bonchev–Trinajstić information content (AvgIpc) is 2.38. The first-order valence-corrected chi connectivity index (χ1v) is 7.90. The molecule has 8 heteroatoms. The topological polar surface area (TPSA) is 90.4 Å². The van der Waals surface area contributed by atoms with Crippen LogP contribution in [0.2, 0.25) is 0 Å². The molecule has 1 unspecified atom stereocenters. The van der Waals surface area contributed by atoms with E-state index in [9.17, 15) is 8.42 Å². The van der Waals surface area contributed by atoms with E-state index in [1.54, 1.807) is 20.9 Å². The number of methoxy groups -OCH3 is 2. The summed E-state index contributed by atoms with van der Waals surface area (Å²) >= 11 is 0. The van der Waals surface area contributed by atoms with Crippen molar-refractivity contribution in [1.82, 2.24) is 15.3 Å². The lowest BCUT2D eigenvalue weighted by Gasteiger charge is -2.32. The number of aromatic nitrogens is 2. The van der Waals surface area contributed by atoms with Crippen LogP contribution in [0.5, 0.6) is 11.8 Å². The zero-order chi connectivity index (χ0) is 15.6. The second-order valence-corrected chi connectivity index (χ2v) is 7.50. The van der Waals surface area contributed by atoms with Gasteiger partial charge >= 0.3 is 0 Å². The van der Waals surface area contributed by atoms with E-state index in [0.717, 1.165) is 0 Å². The molecule has 0 bridgehead atoms. The van der Waals surface area contributed by atoms with Crippen molar-refractivity contribution in [3.63, 3.8) is 0 Å². The molecule has 114 valence electrons. The summed E-state index contributed by atoms with van der Waals surface area (Å²) in [6.45, 7) is 3.27. The Morgan fingerprint density at radius 3 is 2.30 bits per heavy atom. The maximum absolute atomic E-state index is 12.0. The molecule has 1 aromatic rings. The molecule has 0 saturated heterocycles. The number of nitrogens with one attached hydrogen (secondary N) is 1. The number of sulfone groups is 1. The molecule has 1 N–H and O–H groups in total. The van der Waals surface area contributed by atoms with E-state index >= 15 is 0 Å². The fourth-order valence-electron chi connectivity index (χ4n) is 1.84. The first kappa shape index (κ1) is 16.6. The van der Waals surface area contributed by atoms with Gasteiger partial charge in [0.25, 0.3) is 0 Å². The Morgan fingerprint density at radius 1 is 1.30 bits per heavy atom. The molecule has 0 aliphatic heterocycles. The van der Waals surface area contributed by atoms with E-state index in [4.69, 9.17) is 9.47 Å². The minimum atomic E-state index is -3.32. The lowest BCUT2D eigenvalue weighted by atomic mass is 10.00. The van der Waals surface area contributed by atoms with E-state index in [1.165, 1.54) is 26.7 Å². The van der Waals surface area contributed by atoms with Crippen LogP contribution in [0, 0.1) is 0 Å². The Hall–Kier alpha value is -1.41. The molecular formula is C12H21N3O4S. The molecule has 7 nitrogen and oxygen atoms in total. The Kier molecular flexibility index (Phi) is 4.93. The highest BCUT2D eigenvalue weighted by Crippen LogP contribution is 2.35. The van der Waals surface area contributed by atoms with Crippen LogP contribution in [0.3, 0.4) is 0 Å². The predicted octanol–water partition coefficient (Wildman–Crippen LogP) is 0.577. The number of hydrogen-bond donors (Lipinski definition) is 1. The van der Waals surface area contributed by atoms with Crippen molar-refractivity contribution in [1.29, 1.82) is 0 Å². The van der Waals surface area contributed by atoms with Crippen molar-refractivity contribution in [3.8, 4) is 11.8 Å². The van der Waals surface area contributed by atoms with Gasteiger partial charge < -0.3 is 14.8 Å². The lowest BCUT2D eigenvalue weighted by Crippen LogP contribution is -2.44. The van der Waals surface area contributed by atoms with E-state index in [2.05, 4.69) is 15.3 Å². The third-order valence-corrected chi connectivity index (χ3v) is 5.51. The molecule has 0 aliphatic rings. The Morgan fingerprint density at radius 2 is 1.90 bits per heavy atom. The molecule has 1 aromatic heterocycles. The van der Waals surface area contributed by atoms with Gasteiger partial charge in [-0.15, -0.1) is 0 Å². The van der Waals surface area contributed by atoms with Crippen molar-refractivity contribution in [2.75, 3.05) is 27.5 Å². The highest BCUT2D eigenvalue weighted by Gasteiger charge is 2.41. The van der Waals surface area contributed by atoms with Crippen molar-refractivity contribution >= 4 is 9.84 Å². The Labute approximate surface area is 119 Å². The molecule has 20 heavy (non-hydrogen) atoms. The first-order chi connectivity index (χ1) is 9.18. The van der Waals surface area contributed by atoms with Crippen molar-refractivity contribution in [2.45, 2.75) is 24.6 Å². The molecule has 0 fully saturated rings. The molecule has 1 rings (SSSR count). The summed E-state index contributed by atoms with van der Waals surface area (Å²) in [6.07, 6.45) is 2.63. The molecular weight excluding hydrogens is 282 g/mol. The molecule has 0 aliphatic carbocycles. The SMILES string of the molecule is CNC(c1ncc(OC)nc1OC)C(C)(C)S(C)(=O)=O. The van der Waals surface area contributed by atoms with Crippen LogP contribution in [0.4, 0.5) is 0 Å². The quantitative estimate of drug-likeness (QED) is 0.822. The van der Waals surface area contributed by atoms with Gasteiger partial charge in [-0.25, -0.2) is 13.4 Å². The van der Waals surface area contributed by atoms with Gasteiger partial charge in [0.15, 0.2) is 9.84 Å². The monoisotopic (exact) mass is 303 g/mol. The van der Waals surface area contributed by atoms with Crippen LogP contribution in [0.15, 0.2) is 6.20 Å². The molecule has 0 saturated carbocycles. The van der Waals surface area contributed by atoms with Crippen LogP contribution in [-0.2, 0) is 9.84 Å². The van der Waals surface area contributed by atoms with E-state index < -0.39 is 20.6 Å². The summed E-state index contributed by atoms with van der Waals surface area (Å²) in [5.41, 5.74) is 0.422. The number of rotatable bonds is 6. The molecule has 1 heterocycles. The van der Waals surface area contributed by atoms with Crippen LogP contribution < -0.4 is 14.8 Å². The Balaban J connectivity index is 3.40. The van der Waals surface area contributed by atoms with E-state index in [-0.39, 0.29) is 5.88 Å². The standard InChI is InChI=1S/C12H21N3O4S/c1-12(2,20(6,16)17)10(13-3)9-11(19-5)15-8(18-4)7-14-9/h7,10,13H,1-6H3. The van der Waals surface area contributed by atoms with Gasteiger partial charge in [-0.3, -0.25) is 0 Å². The van der Waals surface area contributed by atoms with E-state index in [0.29, 0.717) is 11.6 Å². The van der Waals surface area contributed by atoms with Gasteiger partial charge in [-0.2, -0.15) is 4.98 Å². The summed E-state index contributed by atoms with van der Waals surface area (Å²) in [5, 5.41) is 2.97. The van der Waals surface area contributed by atoms with Gasteiger partial charge in [0.05, 0.1) is 31.2 Å². The van der Waals surface area contributed by atoms with Crippen LogP contribution in [0.25, 0.3) is 0 Å². The summed E-state index contributed by atoms with van der Waals surface area (Å²) in [7, 11) is 1.27. The lowest BCUT2D eigenvalue weighted by molar-refractivity contribution is 0.342. The first-order valence-electron chi connectivity index (χ1n) is 6.00. The summed E-state index contributed by atoms with van der Waals surface area (Å²) in [5.74, 6) is 0.540. The predicted molar refractivity (Wildman–Crippen MR) is 75.9 cm³/mol. The second-order valence-electron chi connectivity index (χ2n) is 4.90. The van der Waals surface area contributed by atoms with Gasteiger partial charge in [0.2, 0.25) is 11.8 Å². The third-order valence-electron chi connectivity index (χ3n) is 3.36. The van der Waals surface area contributed by atoms with E-state index in [1.807, 2.05) is 0 Å². The van der Waals surface area contributed by atoms with Crippen LogP contribution in [0.1, 0.15) is 25.6 Å². The van der Waals surface area contributed by atoms with Gasteiger partial charge in [0, 0.05) is 6.26 Å². The maximum atomic E-state index is 12.0. The molecule has 0 amide bonds. The number of hydrogen-bond acceptors (Lipinski definition) is 7. The van der Waals surface area contributed by atoms with Crippen molar-refractivity contribution in [3.05, 3.63) is 11.9 Å². The highest BCUT2D eigenvalue weighted by molar-refractivity contribution is 7.92.